The van der Waals surface area contributed by atoms with E-state index >= 15 is 0 Å². The predicted molar refractivity (Wildman–Crippen MR) is 135 cm³/mol. The predicted octanol–water partition coefficient (Wildman–Crippen LogP) is 5.47. The van der Waals surface area contributed by atoms with Crippen LogP contribution < -0.4 is 14.8 Å². The molecule has 1 fully saturated rings. The lowest BCUT2D eigenvalue weighted by molar-refractivity contribution is -0.133. The fourth-order valence-corrected chi connectivity index (χ4v) is 5.78. The molecule has 0 spiro atoms. The molecule has 3 aromatic rings. The van der Waals surface area contributed by atoms with Crippen LogP contribution in [0, 0.1) is 0 Å². The number of methoxy groups -OCH3 is 2. The zero-order valence-electron chi connectivity index (χ0n) is 19.7. The number of amides is 1. The number of ether oxygens (including phenoxy) is 3. The smallest absolute Gasteiger partial charge is 0.259 e. The number of fused-ring (bicyclic) bond motifs is 1. The van der Waals surface area contributed by atoms with Gasteiger partial charge in [-0.2, -0.15) is 0 Å². The van der Waals surface area contributed by atoms with Crippen molar-refractivity contribution in [2.75, 3.05) is 25.3 Å². The van der Waals surface area contributed by atoms with Gasteiger partial charge >= 0.3 is 0 Å². The van der Waals surface area contributed by atoms with Gasteiger partial charge in [0.25, 0.3) is 5.91 Å². The fraction of sp³-hybridized carbons (Fsp3) is 0.440. The van der Waals surface area contributed by atoms with Crippen molar-refractivity contribution in [1.29, 1.82) is 0 Å². The molecule has 2 aromatic carbocycles. The molecule has 1 heterocycles. The van der Waals surface area contributed by atoms with Crippen molar-refractivity contribution in [3.8, 4) is 11.5 Å². The number of carbonyl (C=O) groups is 1. The third-order valence-corrected chi connectivity index (χ3v) is 8.21. The molecule has 0 bridgehead atoms. The Labute approximate surface area is 206 Å². The van der Waals surface area contributed by atoms with E-state index in [1.807, 2.05) is 37.3 Å². The summed E-state index contributed by atoms with van der Waals surface area (Å²) in [5.41, 5.74) is 1.46. The molecule has 4 rings (SSSR count). The van der Waals surface area contributed by atoms with Gasteiger partial charge in [-0.15, -0.1) is 0 Å². The van der Waals surface area contributed by atoms with Crippen molar-refractivity contribution in [3.63, 3.8) is 0 Å². The van der Waals surface area contributed by atoms with Crippen LogP contribution in [0.3, 0.4) is 0 Å². The van der Waals surface area contributed by atoms with E-state index in [0.717, 1.165) is 40.8 Å². The lowest BCUT2D eigenvalue weighted by atomic mass is 9.97. The number of rotatable bonds is 9. The maximum atomic E-state index is 13.4. The van der Waals surface area contributed by atoms with Gasteiger partial charge in [-0.05, 0) is 30.5 Å². The Morgan fingerprint density at radius 3 is 2.44 bits per heavy atom. The highest BCUT2D eigenvalue weighted by Gasteiger charge is 2.27. The molecule has 1 aliphatic carbocycles. The second-order valence-corrected chi connectivity index (χ2v) is 10.9. The van der Waals surface area contributed by atoms with Gasteiger partial charge in [0.15, 0.2) is 22.7 Å². The van der Waals surface area contributed by atoms with E-state index in [4.69, 9.17) is 14.2 Å². The first-order valence-corrected chi connectivity index (χ1v) is 13.6. The molecule has 1 saturated carbocycles. The number of nitrogens with zero attached hydrogens (tertiary/aromatic N) is 1. The summed E-state index contributed by atoms with van der Waals surface area (Å²) >= 11 is 1.37. The Hall–Kier alpha value is -2.49. The molecule has 7 nitrogen and oxygen atoms in total. The van der Waals surface area contributed by atoms with E-state index in [9.17, 15) is 9.00 Å². The standard InChI is InChI=1S/C25H30N2O5S2/c1-4-34(29)18-12-10-16(11-13-18)23(32-17-8-6-5-7-9-17)24(28)27-25-26-19-14-20(30-2)21(31-3)15-22(19)33-25/h10-15,17,23H,4-9H2,1-3H3,(H,26,27,28). The van der Waals surface area contributed by atoms with Crippen LogP contribution in [0.25, 0.3) is 10.2 Å². The Morgan fingerprint density at radius 2 is 1.79 bits per heavy atom. The van der Waals surface area contributed by atoms with Gasteiger partial charge in [0.05, 0.1) is 41.3 Å². The SMILES string of the molecule is CCS(=O)c1ccc(C(OC2CCCCC2)C(=O)Nc2nc3cc(OC)c(OC)cc3s2)cc1. The van der Waals surface area contributed by atoms with Crippen LogP contribution >= 0.6 is 11.3 Å². The molecular weight excluding hydrogens is 472 g/mol. The van der Waals surface area contributed by atoms with Gasteiger partial charge < -0.3 is 14.2 Å². The van der Waals surface area contributed by atoms with E-state index in [-0.39, 0.29) is 12.0 Å². The van der Waals surface area contributed by atoms with Crippen LogP contribution in [0.1, 0.15) is 50.7 Å². The van der Waals surface area contributed by atoms with Gasteiger partial charge in [-0.3, -0.25) is 14.3 Å². The first-order chi connectivity index (χ1) is 16.5. The van der Waals surface area contributed by atoms with Crippen molar-refractivity contribution in [3.05, 3.63) is 42.0 Å². The number of anilines is 1. The number of hydrogen-bond donors (Lipinski definition) is 1. The minimum absolute atomic E-state index is 0.0397. The molecule has 1 aliphatic rings. The zero-order chi connectivity index (χ0) is 24.1. The molecule has 1 amide bonds. The van der Waals surface area contributed by atoms with Crippen molar-refractivity contribution in [1.82, 2.24) is 4.98 Å². The summed E-state index contributed by atoms with van der Waals surface area (Å²) in [6.07, 6.45) is 4.57. The minimum Gasteiger partial charge on any atom is -0.493 e. The summed E-state index contributed by atoms with van der Waals surface area (Å²) in [5, 5.41) is 3.43. The van der Waals surface area contributed by atoms with Gasteiger partial charge in [-0.25, -0.2) is 4.98 Å². The highest BCUT2D eigenvalue weighted by Crippen LogP contribution is 2.37. The van der Waals surface area contributed by atoms with E-state index in [0.29, 0.717) is 27.9 Å². The molecule has 0 radical (unpaired) electrons. The minimum atomic E-state index is -1.05. The summed E-state index contributed by atoms with van der Waals surface area (Å²) in [7, 11) is 2.12. The van der Waals surface area contributed by atoms with E-state index < -0.39 is 16.9 Å². The monoisotopic (exact) mass is 502 g/mol. The molecule has 9 heteroatoms. The molecular formula is C25H30N2O5S2. The number of aromatic nitrogens is 1. The maximum Gasteiger partial charge on any atom is 0.259 e. The molecule has 2 unspecified atom stereocenters. The van der Waals surface area contributed by atoms with Crippen molar-refractivity contribution in [2.45, 2.75) is 56.1 Å². The lowest BCUT2D eigenvalue weighted by Gasteiger charge is -2.27. The third kappa shape index (κ3) is 5.59. The Bertz CT molecular complexity index is 1120. The Kier molecular flexibility index (Phi) is 8.18. The first kappa shape index (κ1) is 24.6. The third-order valence-electron chi connectivity index (χ3n) is 5.95. The average molecular weight is 503 g/mol. The van der Waals surface area contributed by atoms with E-state index in [2.05, 4.69) is 10.3 Å². The quantitative estimate of drug-likeness (QED) is 0.418. The van der Waals surface area contributed by atoms with Gasteiger partial charge in [0, 0.05) is 22.8 Å². The van der Waals surface area contributed by atoms with Crippen molar-refractivity contribution in [2.24, 2.45) is 0 Å². The summed E-state index contributed by atoms with van der Waals surface area (Å²) < 4.78 is 30.1. The largest absolute Gasteiger partial charge is 0.493 e. The average Bonchev–Trinajstić information content (AvgIpc) is 3.27. The molecule has 1 N–H and O–H groups in total. The van der Waals surface area contributed by atoms with Crippen LogP contribution in [0.15, 0.2) is 41.3 Å². The topological polar surface area (TPSA) is 86.8 Å². The number of thiazole rings is 1. The number of benzene rings is 2. The number of carbonyl (C=O) groups excluding carboxylic acids is 1. The maximum absolute atomic E-state index is 13.4. The molecule has 34 heavy (non-hydrogen) atoms. The van der Waals surface area contributed by atoms with Crippen LogP contribution in [0.4, 0.5) is 5.13 Å². The lowest BCUT2D eigenvalue weighted by Crippen LogP contribution is -2.28. The molecule has 0 saturated heterocycles. The summed E-state index contributed by atoms with van der Waals surface area (Å²) in [5.74, 6) is 1.48. The van der Waals surface area contributed by atoms with Crippen LogP contribution in [0.2, 0.25) is 0 Å². The van der Waals surface area contributed by atoms with E-state index in [1.54, 1.807) is 20.3 Å². The van der Waals surface area contributed by atoms with E-state index in [1.165, 1.54) is 17.8 Å². The first-order valence-electron chi connectivity index (χ1n) is 11.5. The number of nitrogens with one attached hydrogen (secondary N) is 1. The highest BCUT2D eigenvalue weighted by atomic mass is 32.2. The highest BCUT2D eigenvalue weighted by molar-refractivity contribution is 7.85. The molecule has 0 aliphatic heterocycles. The molecule has 182 valence electrons. The normalized spacial score (nSPS) is 16.2. The zero-order valence-corrected chi connectivity index (χ0v) is 21.3. The summed E-state index contributed by atoms with van der Waals surface area (Å²) in [4.78, 5) is 18.7. The Morgan fingerprint density at radius 1 is 1.12 bits per heavy atom. The summed E-state index contributed by atoms with van der Waals surface area (Å²) in [6, 6.07) is 11.0. The number of hydrogen-bond acceptors (Lipinski definition) is 7. The second-order valence-electron chi connectivity index (χ2n) is 8.16. The van der Waals surface area contributed by atoms with Gasteiger partial charge in [-0.1, -0.05) is 49.7 Å². The Balaban J connectivity index is 1.58. The van der Waals surface area contributed by atoms with Crippen molar-refractivity contribution < 1.29 is 23.2 Å². The van der Waals surface area contributed by atoms with Crippen LogP contribution in [-0.4, -0.2) is 41.2 Å². The van der Waals surface area contributed by atoms with Crippen LogP contribution in [0.5, 0.6) is 11.5 Å². The van der Waals surface area contributed by atoms with Gasteiger partial charge in [0.2, 0.25) is 0 Å². The van der Waals surface area contributed by atoms with Crippen LogP contribution in [-0.2, 0) is 20.3 Å². The van der Waals surface area contributed by atoms with Gasteiger partial charge in [0.1, 0.15) is 0 Å². The molecule has 1 aromatic heterocycles. The molecule has 2 atom stereocenters. The second kappa shape index (κ2) is 11.3. The summed E-state index contributed by atoms with van der Waals surface area (Å²) in [6.45, 7) is 1.88. The fourth-order valence-electron chi connectivity index (χ4n) is 4.13. The van der Waals surface area contributed by atoms with Crippen molar-refractivity contribution >= 4 is 43.4 Å².